The standard InChI is InChI=1S/C14H26N2O3/c1-14(2,3)16-8-7-11(10-16)9-15-12(17)5-4-6-13(18)19/h11H,4-10H2,1-3H3,(H,15,17)(H,18,19)/t11-/m1/s1. The first-order valence-electron chi connectivity index (χ1n) is 7.02. The van der Waals surface area contributed by atoms with Gasteiger partial charge in [-0.15, -0.1) is 0 Å². The molecule has 19 heavy (non-hydrogen) atoms. The number of carbonyl (C=O) groups is 2. The van der Waals surface area contributed by atoms with Crippen molar-refractivity contribution in [2.24, 2.45) is 5.92 Å². The van der Waals surface area contributed by atoms with Gasteiger partial charge >= 0.3 is 5.97 Å². The molecule has 1 heterocycles. The van der Waals surface area contributed by atoms with Gasteiger partial charge in [-0.05, 0) is 46.1 Å². The van der Waals surface area contributed by atoms with Crippen molar-refractivity contribution in [3.63, 3.8) is 0 Å². The summed E-state index contributed by atoms with van der Waals surface area (Å²) in [6.07, 6.45) is 1.91. The van der Waals surface area contributed by atoms with Gasteiger partial charge in [0.1, 0.15) is 0 Å². The molecule has 1 aliphatic heterocycles. The zero-order valence-electron chi connectivity index (χ0n) is 12.2. The lowest BCUT2D eigenvalue weighted by molar-refractivity contribution is -0.137. The van der Waals surface area contributed by atoms with E-state index in [1.807, 2.05) is 0 Å². The van der Waals surface area contributed by atoms with E-state index < -0.39 is 5.97 Å². The lowest BCUT2D eigenvalue weighted by atomic mass is 10.1. The Bertz CT molecular complexity index is 323. The molecule has 1 rings (SSSR count). The van der Waals surface area contributed by atoms with E-state index in [1.165, 1.54) is 0 Å². The highest BCUT2D eigenvalue weighted by atomic mass is 16.4. The van der Waals surface area contributed by atoms with Gasteiger partial charge in [-0.25, -0.2) is 0 Å². The van der Waals surface area contributed by atoms with Crippen molar-refractivity contribution in [1.29, 1.82) is 0 Å². The largest absolute Gasteiger partial charge is 0.481 e. The molecule has 0 spiro atoms. The van der Waals surface area contributed by atoms with Crippen molar-refractivity contribution in [1.82, 2.24) is 10.2 Å². The van der Waals surface area contributed by atoms with E-state index in [2.05, 4.69) is 31.0 Å². The van der Waals surface area contributed by atoms with E-state index in [-0.39, 0.29) is 17.9 Å². The van der Waals surface area contributed by atoms with Gasteiger partial charge in [-0.1, -0.05) is 0 Å². The SMILES string of the molecule is CC(C)(C)N1CC[C@H](CNC(=O)CCCC(=O)O)C1. The Morgan fingerprint density at radius 2 is 2.00 bits per heavy atom. The molecule has 0 aromatic heterocycles. The van der Waals surface area contributed by atoms with E-state index in [0.717, 1.165) is 19.5 Å². The average Bonchev–Trinajstić information content (AvgIpc) is 2.74. The van der Waals surface area contributed by atoms with E-state index in [4.69, 9.17) is 5.11 Å². The van der Waals surface area contributed by atoms with Crippen LogP contribution in [0.5, 0.6) is 0 Å². The molecule has 0 unspecified atom stereocenters. The van der Waals surface area contributed by atoms with Crippen LogP contribution >= 0.6 is 0 Å². The molecule has 0 aromatic carbocycles. The van der Waals surface area contributed by atoms with E-state index in [0.29, 0.717) is 25.3 Å². The van der Waals surface area contributed by atoms with Gasteiger partial charge in [0.25, 0.3) is 0 Å². The zero-order chi connectivity index (χ0) is 14.5. The molecule has 0 aliphatic carbocycles. The number of hydrogen-bond acceptors (Lipinski definition) is 3. The molecule has 1 fully saturated rings. The van der Waals surface area contributed by atoms with Gasteiger partial charge in [0, 0.05) is 31.5 Å². The summed E-state index contributed by atoms with van der Waals surface area (Å²) < 4.78 is 0. The Morgan fingerprint density at radius 1 is 1.32 bits per heavy atom. The third-order valence-corrected chi connectivity index (χ3v) is 3.62. The number of carbonyl (C=O) groups excluding carboxylic acids is 1. The maximum absolute atomic E-state index is 11.5. The zero-order valence-corrected chi connectivity index (χ0v) is 12.2. The minimum atomic E-state index is -0.843. The van der Waals surface area contributed by atoms with Gasteiger partial charge in [0.2, 0.25) is 5.91 Å². The van der Waals surface area contributed by atoms with Crippen LogP contribution < -0.4 is 5.32 Å². The molecule has 5 heteroatoms. The number of amides is 1. The second-order valence-corrected chi connectivity index (χ2v) is 6.32. The summed E-state index contributed by atoms with van der Waals surface area (Å²) in [6, 6.07) is 0. The third-order valence-electron chi connectivity index (χ3n) is 3.62. The van der Waals surface area contributed by atoms with Crippen molar-refractivity contribution in [2.45, 2.75) is 52.0 Å². The normalized spacial score (nSPS) is 20.5. The molecule has 5 nitrogen and oxygen atoms in total. The van der Waals surface area contributed by atoms with Gasteiger partial charge in [0.15, 0.2) is 0 Å². The number of nitrogens with one attached hydrogen (secondary N) is 1. The second kappa shape index (κ2) is 6.89. The number of hydrogen-bond donors (Lipinski definition) is 2. The Labute approximate surface area is 115 Å². The van der Waals surface area contributed by atoms with Crippen LogP contribution in [-0.4, -0.2) is 47.1 Å². The summed E-state index contributed by atoms with van der Waals surface area (Å²) in [7, 11) is 0. The molecule has 110 valence electrons. The topological polar surface area (TPSA) is 69.6 Å². The molecule has 2 N–H and O–H groups in total. The molecular formula is C14H26N2O3. The van der Waals surface area contributed by atoms with Crippen LogP contribution in [0, 0.1) is 5.92 Å². The van der Waals surface area contributed by atoms with Crippen LogP contribution in [0.25, 0.3) is 0 Å². The summed E-state index contributed by atoms with van der Waals surface area (Å²) in [6.45, 7) is 9.44. The Hall–Kier alpha value is -1.10. The molecule has 1 aliphatic rings. The molecular weight excluding hydrogens is 244 g/mol. The van der Waals surface area contributed by atoms with Gasteiger partial charge in [-0.3, -0.25) is 14.5 Å². The monoisotopic (exact) mass is 270 g/mol. The number of carboxylic acid groups (broad SMARTS) is 1. The van der Waals surface area contributed by atoms with Gasteiger partial charge in [0.05, 0.1) is 0 Å². The summed E-state index contributed by atoms with van der Waals surface area (Å²) in [4.78, 5) is 24.3. The second-order valence-electron chi connectivity index (χ2n) is 6.32. The fourth-order valence-corrected chi connectivity index (χ4v) is 2.36. The summed E-state index contributed by atoms with van der Waals surface area (Å²) in [5, 5.41) is 11.4. The van der Waals surface area contributed by atoms with Crippen LogP contribution in [0.1, 0.15) is 46.5 Å². The molecule has 1 saturated heterocycles. The Kier molecular flexibility index (Phi) is 5.79. The van der Waals surface area contributed by atoms with Crippen molar-refractivity contribution < 1.29 is 14.7 Å². The van der Waals surface area contributed by atoms with Crippen LogP contribution in [0.3, 0.4) is 0 Å². The minimum Gasteiger partial charge on any atom is -0.481 e. The molecule has 0 aromatic rings. The first-order chi connectivity index (χ1) is 8.79. The maximum atomic E-state index is 11.5. The highest BCUT2D eigenvalue weighted by Gasteiger charge is 2.30. The van der Waals surface area contributed by atoms with Gasteiger partial charge < -0.3 is 10.4 Å². The van der Waals surface area contributed by atoms with Crippen LogP contribution in [0.2, 0.25) is 0 Å². The maximum Gasteiger partial charge on any atom is 0.303 e. The van der Waals surface area contributed by atoms with E-state index >= 15 is 0 Å². The highest BCUT2D eigenvalue weighted by molar-refractivity contribution is 5.76. The van der Waals surface area contributed by atoms with Crippen LogP contribution in [0.4, 0.5) is 0 Å². The number of likely N-dealkylation sites (tertiary alicyclic amines) is 1. The molecule has 1 atom stereocenters. The lowest BCUT2D eigenvalue weighted by Crippen LogP contribution is -2.40. The summed E-state index contributed by atoms with van der Waals surface area (Å²) >= 11 is 0. The molecule has 0 bridgehead atoms. The highest BCUT2D eigenvalue weighted by Crippen LogP contribution is 2.23. The van der Waals surface area contributed by atoms with Crippen molar-refractivity contribution in [3.8, 4) is 0 Å². The first-order valence-corrected chi connectivity index (χ1v) is 7.02. The minimum absolute atomic E-state index is 0.0320. The third kappa shape index (κ3) is 6.05. The van der Waals surface area contributed by atoms with Crippen LogP contribution in [0.15, 0.2) is 0 Å². The van der Waals surface area contributed by atoms with E-state index in [9.17, 15) is 9.59 Å². The predicted octanol–water partition coefficient (Wildman–Crippen LogP) is 1.48. The molecule has 0 radical (unpaired) electrons. The Balaban J connectivity index is 2.16. The number of aliphatic carboxylic acids is 1. The van der Waals surface area contributed by atoms with Crippen molar-refractivity contribution >= 4 is 11.9 Å². The quantitative estimate of drug-likeness (QED) is 0.767. The summed E-state index contributed by atoms with van der Waals surface area (Å²) in [5.41, 5.74) is 0.195. The fourth-order valence-electron chi connectivity index (χ4n) is 2.36. The molecule has 0 saturated carbocycles. The van der Waals surface area contributed by atoms with Crippen molar-refractivity contribution in [3.05, 3.63) is 0 Å². The average molecular weight is 270 g/mol. The predicted molar refractivity (Wildman–Crippen MR) is 73.9 cm³/mol. The lowest BCUT2D eigenvalue weighted by Gasteiger charge is -2.31. The number of carboxylic acids is 1. The smallest absolute Gasteiger partial charge is 0.303 e. The molecule has 1 amide bonds. The number of rotatable bonds is 6. The van der Waals surface area contributed by atoms with Crippen molar-refractivity contribution in [2.75, 3.05) is 19.6 Å². The van der Waals surface area contributed by atoms with Crippen LogP contribution in [-0.2, 0) is 9.59 Å². The van der Waals surface area contributed by atoms with E-state index in [1.54, 1.807) is 0 Å². The first kappa shape index (κ1) is 16.0. The number of nitrogens with zero attached hydrogens (tertiary/aromatic N) is 1. The summed E-state index contributed by atoms with van der Waals surface area (Å²) in [5.74, 6) is -0.359. The fraction of sp³-hybridized carbons (Fsp3) is 0.857. The van der Waals surface area contributed by atoms with Gasteiger partial charge in [-0.2, -0.15) is 0 Å². The Morgan fingerprint density at radius 3 is 2.53 bits per heavy atom.